The average Bonchev–Trinajstić information content (AvgIpc) is 2.70. The minimum Gasteiger partial charge on any atom is -0.478 e. The molecule has 0 radical (unpaired) electrons. The van der Waals surface area contributed by atoms with Crippen molar-refractivity contribution in [3.8, 4) is 0 Å². The summed E-state index contributed by atoms with van der Waals surface area (Å²) in [6, 6.07) is 5.69. The van der Waals surface area contributed by atoms with Crippen molar-refractivity contribution < 1.29 is 9.90 Å². The molecular weight excluding hydrogens is 264 g/mol. The lowest BCUT2D eigenvalue weighted by Crippen LogP contribution is -2.34. The predicted molar refractivity (Wildman–Crippen MR) is 77.3 cm³/mol. The molecule has 1 aromatic rings. The molecule has 0 bridgehead atoms. The van der Waals surface area contributed by atoms with Gasteiger partial charge in [-0.05, 0) is 32.1 Å². The summed E-state index contributed by atoms with van der Waals surface area (Å²) >= 11 is 6.02. The van der Waals surface area contributed by atoms with Crippen molar-refractivity contribution in [2.75, 3.05) is 32.1 Å². The van der Waals surface area contributed by atoms with Gasteiger partial charge >= 0.3 is 5.97 Å². The monoisotopic (exact) mass is 282 g/mol. The molecule has 4 nitrogen and oxygen atoms in total. The van der Waals surface area contributed by atoms with Gasteiger partial charge in [-0.1, -0.05) is 24.6 Å². The van der Waals surface area contributed by atoms with Crippen molar-refractivity contribution in [3.63, 3.8) is 0 Å². The maximum atomic E-state index is 11.4. The van der Waals surface area contributed by atoms with E-state index in [9.17, 15) is 9.90 Å². The Kier molecular flexibility index (Phi) is 4.02. The second-order valence-corrected chi connectivity index (χ2v) is 5.76. The van der Waals surface area contributed by atoms with E-state index in [-0.39, 0.29) is 5.56 Å². The first kappa shape index (κ1) is 14.2. The quantitative estimate of drug-likeness (QED) is 0.925. The average molecular weight is 283 g/mol. The van der Waals surface area contributed by atoms with E-state index >= 15 is 0 Å². The molecule has 19 heavy (non-hydrogen) atoms. The van der Waals surface area contributed by atoms with Crippen LogP contribution in [-0.4, -0.2) is 49.2 Å². The Morgan fingerprint density at radius 2 is 2.11 bits per heavy atom. The summed E-state index contributed by atoms with van der Waals surface area (Å²) in [4.78, 5) is 15.7. The van der Waals surface area contributed by atoms with Crippen LogP contribution in [0.4, 0.5) is 5.69 Å². The van der Waals surface area contributed by atoms with Crippen LogP contribution in [0.1, 0.15) is 17.3 Å². The van der Waals surface area contributed by atoms with E-state index in [0.717, 1.165) is 18.8 Å². The number of aromatic carboxylic acids is 1. The summed E-state index contributed by atoms with van der Waals surface area (Å²) in [5.74, 6) is -0.475. The molecule has 1 heterocycles. The molecule has 1 aromatic carbocycles. The maximum Gasteiger partial charge on any atom is 0.339 e. The largest absolute Gasteiger partial charge is 0.478 e. The highest BCUT2D eigenvalue weighted by molar-refractivity contribution is 6.34. The van der Waals surface area contributed by atoms with Crippen molar-refractivity contribution in [3.05, 3.63) is 28.8 Å². The van der Waals surface area contributed by atoms with Crippen LogP contribution >= 0.6 is 11.6 Å². The number of rotatable bonds is 3. The van der Waals surface area contributed by atoms with Crippen molar-refractivity contribution in [1.82, 2.24) is 4.90 Å². The SMILES string of the molecule is CC1CN(c2cccc(Cl)c2C(=O)O)CC1N(C)C. The van der Waals surface area contributed by atoms with E-state index in [1.54, 1.807) is 12.1 Å². The highest BCUT2D eigenvalue weighted by Crippen LogP contribution is 2.32. The molecule has 0 aliphatic carbocycles. The number of anilines is 1. The van der Waals surface area contributed by atoms with Gasteiger partial charge in [0, 0.05) is 19.1 Å². The molecule has 1 aliphatic rings. The Morgan fingerprint density at radius 1 is 1.42 bits per heavy atom. The van der Waals surface area contributed by atoms with Crippen molar-refractivity contribution >= 4 is 23.3 Å². The fraction of sp³-hybridized carbons (Fsp3) is 0.500. The van der Waals surface area contributed by atoms with Crippen LogP contribution in [0.2, 0.25) is 5.02 Å². The van der Waals surface area contributed by atoms with Gasteiger partial charge in [0.2, 0.25) is 0 Å². The topological polar surface area (TPSA) is 43.8 Å². The first-order chi connectivity index (χ1) is 8.91. The van der Waals surface area contributed by atoms with Gasteiger partial charge in [-0.2, -0.15) is 0 Å². The predicted octanol–water partition coefficient (Wildman–Crippen LogP) is 2.42. The summed E-state index contributed by atoms with van der Waals surface area (Å²) in [5, 5.41) is 9.62. The van der Waals surface area contributed by atoms with Gasteiger partial charge < -0.3 is 14.9 Å². The fourth-order valence-electron chi connectivity index (χ4n) is 2.81. The number of hydrogen-bond donors (Lipinski definition) is 1. The third kappa shape index (κ3) is 2.69. The Hall–Kier alpha value is -1.26. The van der Waals surface area contributed by atoms with Crippen LogP contribution in [0.3, 0.4) is 0 Å². The highest BCUT2D eigenvalue weighted by atomic mass is 35.5. The maximum absolute atomic E-state index is 11.4. The summed E-state index contributed by atoms with van der Waals surface area (Å²) in [6.07, 6.45) is 0. The van der Waals surface area contributed by atoms with Crippen LogP contribution in [0.5, 0.6) is 0 Å². The van der Waals surface area contributed by atoms with E-state index in [4.69, 9.17) is 11.6 Å². The van der Waals surface area contributed by atoms with Gasteiger partial charge in [-0.3, -0.25) is 0 Å². The normalized spacial score (nSPS) is 23.1. The zero-order valence-corrected chi connectivity index (χ0v) is 12.2. The smallest absolute Gasteiger partial charge is 0.339 e. The van der Waals surface area contributed by atoms with Gasteiger partial charge in [0.15, 0.2) is 0 Å². The summed E-state index contributed by atoms with van der Waals surface area (Å²) < 4.78 is 0. The minimum atomic E-state index is -0.971. The van der Waals surface area contributed by atoms with Gasteiger partial charge in [0.25, 0.3) is 0 Å². The van der Waals surface area contributed by atoms with Crippen LogP contribution in [0.15, 0.2) is 18.2 Å². The molecule has 0 saturated carbocycles. The summed E-state index contributed by atoms with van der Waals surface area (Å²) in [7, 11) is 4.11. The molecule has 0 amide bonds. The van der Waals surface area contributed by atoms with Crippen molar-refractivity contribution in [1.29, 1.82) is 0 Å². The van der Waals surface area contributed by atoms with E-state index in [1.165, 1.54) is 0 Å². The van der Waals surface area contributed by atoms with E-state index < -0.39 is 5.97 Å². The fourth-order valence-corrected chi connectivity index (χ4v) is 3.06. The lowest BCUT2D eigenvalue weighted by atomic mass is 10.1. The molecule has 2 atom stereocenters. The zero-order valence-electron chi connectivity index (χ0n) is 11.4. The molecule has 0 aromatic heterocycles. The Balaban J connectivity index is 2.34. The lowest BCUT2D eigenvalue weighted by Gasteiger charge is -2.24. The third-order valence-corrected chi connectivity index (χ3v) is 4.10. The number of halogens is 1. The summed E-state index contributed by atoms with van der Waals surface area (Å²) in [5.41, 5.74) is 0.923. The van der Waals surface area contributed by atoms with E-state index in [0.29, 0.717) is 17.0 Å². The molecule has 1 saturated heterocycles. The number of carboxylic acids is 1. The Bertz CT molecular complexity index is 490. The number of carboxylic acid groups (broad SMARTS) is 1. The minimum absolute atomic E-state index is 0.204. The second-order valence-electron chi connectivity index (χ2n) is 5.35. The van der Waals surface area contributed by atoms with Gasteiger partial charge in [-0.15, -0.1) is 0 Å². The van der Waals surface area contributed by atoms with Crippen molar-refractivity contribution in [2.24, 2.45) is 5.92 Å². The van der Waals surface area contributed by atoms with Crippen LogP contribution in [-0.2, 0) is 0 Å². The molecule has 104 valence electrons. The molecule has 0 spiro atoms. The highest BCUT2D eigenvalue weighted by Gasteiger charge is 2.33. The first-order valence-electron chi connectivity index (χ1n) is 6.35. The molecule has 1 N–H and O–H groups in total. The Morgan fingerprint density at radius 3 is 2.63 bits per heavy atom. The molecular formula is C14H19ClN2O2. The number of benzene rings is 1. The number of hydrogen-bond acceptors (Lipinski definition) is 3. The number of nitrogens with zero attached hydrogens (tertiary/aromatic N) is 2. The Labute approximate surface area is 118 Å². The molecule has 5 heteroatoms. The number of carbonyl (C=O) groups is 1. The van der Waals surface area contributed by atoms with Gasteiger partial charge in [0.1, 0.15) is 5.56 Å². The lowest BCUT2D eigenvalue weighted by molar-refractivity contribution is 0.0697. The first-order valence-corrected chi connectivity index (χ1v) is 6.72. The molecule has 2 rings (SSSR count). The third-order valence-electron chi connectivity index (χ3n) is 3.78. The van der Waals surface area contributed by atoms with Gasteiger partial charge in [0.05, 0.1) is 10.7 Å². The molecule has 1 fully saturated rings. The van der Waals surface area contributed by atoms with E-state index in [2.05, 4.69) is 30.8 Å². The molecule has 2 unspecified atom stereocenters. The van der Waals surface area contributed by atoms with Crippen LogP contribution < -0.4 is 4.90 Å². The molecule has 1 aliphatic heterocycles. The van der Waals surface area contributed by atoms with E-state index in [1.807, 2.05) is 6.07 Å². The summed E-state index contributed by atoms with van der Waals surface area (Å²) in [6.45, 7) is 3.87. The van der Waals surface area contributed by atoms with Crippen LogP contribution in [0.25, 0.3) is 0 Å². The zero-order chi connectivity index (χ0) is 14.2. The second kappa shape index (κ2) is 5.39. The van der Waals surface area contributed by atoms with Crippen molar-refractivity contribution in [2.45, 2.75) is 13.0 Å². The van der Waals surface area contributed by atoms with Crippen LogP contribution in [0, 0.1) is 5.92 Å². The van der Waals surface area contributed by atoms with Gasteiger partial charge in [-0.25, -0.2) is 4.79 Å². The standard InChI is InChI=1S/C14H19ClN2O2/c1-9-7-17(8-12(9)16(2)3)11-6-4-5-10(15)13(11)14(18)19/h4-6,9,12H,7-8H2,1-3H3,(H,18,19). The number of likely N-dealkylation sites (N-methyl/N-ethyl adjacent to an activating group) is 1.